The van der Waals surface area contributed by atoms with E-state index in [2.05, 4.69) is 6.92 Å². The number of rotatable bonds is 2. The molecule has 0 atom stereocenters. The first-order valence-corrected chi connectivity index (χ1v) is 7.28. The number of aromatic nitrogens is 1. The molecule has 0 bridgehead atoms. The monoisotopic (exact) mass is 270 g/mol. The first kappa shape index (κ1) is 12.0. The molecule has 1 radical (unpaired) electrons. The maximum atomic E-state index is 12.7. The van der Waals surface area contributed by atoms with E-state index in [4.69, 9.17) is 0 Å². The second-order valence-corrected chi connectivity index (χ2v) is 6.06. The van der Waals surface area contributed by atoms with Crippen molar-refractivity contribution >= 4 is 20.9 Å². The van der Waals surface area contributed by atoms with Gasteiger partial charge in [-0.3, -0.25) is 0 Å². The van der Waals surface area contributed by atoms with Gasteiger partial charge in [-0.25, -0.2) is 12.4 Å². The van der Waals surface area contributed by atoms with Crippen LogP contribution in [0.25, 0.3) is 10.9 Å². The highest BCUT2D eigenvalue weighted by molar-refractivity contribution is 7.90. The molecule has 0 aliphatic carbocycles. The van der Waals surface area contributed by atoms with Gasteiger partial charge in [0.25, 0.3) is 10.0 Å². The Hall–Kier alpha value is -2.07. The van der Waals surface area contributed by atoms with Crippen LogP contribution in [0.5, 0.6) is 0 Å². The van der Waals surface area contributed by atoms with Crippen molar-refractivity contribution in [2.75, 3.05) is 0 Å². The lowest BCUT2D eigenvalue weighted by Gasteiger charge is -2.09. The fraction of sp³-hybridized carbons (Fsp3) is 0. The zero-order chi connectivity index (χ0) is 13.5. The molecule has 0 unspecified atom stereocenters. The van der Waals surface area contributed by atoms with Crippen LogP contribution in [0.2, 0.25) is 0 Å². The third-order valence-corrected chi connectivity index (χ3v) is 4.80. The third-order valence-electron chi connectivity index (χ3n) is 3.02. The maximum absolute atomic E-state index is 12.7. The summed E-state index contributed by atoms with van der Waals surface area (Å²) in [6.45, 7) is 3.83. The van der Waals surface area contributed by atoms with Crippen molar-refractivity contribution in [1.82, 2.24) is 3.97 Å². The Kier molecular flexibility index (Phi) is 2.68. The smallest absolute Gasteiger partial charge is 0.238 e. The summed E-state index contributed by atoms with van der Waals surface area (Å²) in [4.78, 5) is 0.265. The topological polar surface area (TPSA) is 39.1 Å². The van der Waals surface area contributed by atoms with Gasteiger partial charge in [0.05, 0.1) is 10.4 Å². The molecule has 1 aromatic heterocycles. The van der Waals surface area contributed by atoms with Crippen molar-refractivity contribution in [3.05, 3.63) is 73.3 Å². The summed E-state index contributed by atoms with van der Waals surface area (Å²) in [7, 11) is -3.60. The minimum Gasteiger partial charge on any atom is -0.238 e. The lowest BCUT2D eigenvalue weighted by molar-refractivity contribution is 0.588. The van der Waals surface area contributed by atoms with Crippen molar-refractivity contribution in [3.63, 3.8) is 0 Å². The summed E-state index contributed by atoms with van der Waals surface area (Å²) in [5, 5.41) is 0.868. The quantitative estimate of drug-likeness (QED) is 0.718. The number of nitrogens with zero attached hydrogens (tertiary/aromatic N) is 1. The number of fused-ring (bicyclic) bond motifs is 1. The number of hydrogen-bond acceptors (Lipinski definition) is 2. The van der Waals surface area contributed by atoms with Gasteiger partial charge in [-0.05, 0) is 31.2 Å². The molecule has 95 valence electrons. The molecule has 0 fully saturated rings. The molecule has 0 aliphatic heterocycles. The third kappa shape index (κ3) is 1.85. The van der Waals surface area contributed by atoms with Crippen LogP contribution in [0.4, 0.5) is 0 Å². The van der Waals surface area contributed by atoms with Gasteiger partial charge in [-0.15, -0.1) is 0 Å². The van der Waals surface area contributed by atoms with Gasteiger partial charge in [-0.1, -0.05) is 36.4 Å². The van der Waals surface area contributed by atoms with E-state index in [0.717, 1.165) is 5.39 Å². The minimum atomic E-state index is -3.60. The van der Waals surface area contributed by atoms with Crippen molar-refractivity contribution in [2.24, 2.45) is 0 Å². The Balaban J connectivity index is 2.34. The Morgan fingerprint density at radius 1 is 0.895 bits per heavy atom. The van der Waals surface area contributed by atoms with Gasteiger partial charge in [-0.2, -0.15) is 0 Å². The molecule has 0 aliphatic rings. The molecule has 3 nitrogen and oxygen atoms in total. The van der Waals surface area contributed by atoms with Gasteiger partial charge in [0.15, 0.2) is 0 Å². The van der Waals surface area contributed by atoms with E-state index in [1.807, 2.05) is 18.2 Å². The molecule has 3 aromatic rings. The molecule has 3 rings (SSSR count). The van der Waals surface area contributed by atoms with Crippen molar-refractivity contribution in [3.8, 4) is 0 Å². The van der Waals surface area contributed by atoms with Crippen LogP contribution >= 0.6 is 0 Å². The van der Waals surface area contributed by atoms with Gasteiger partial charge < -0.3 is 0 Å². The van der Waals surface area contributed by atoms with Crippen molar-refractivity contribution < 1.29 is 8.42 Å². The highest BCUT2D eigenvalue weighted by Crippen LogP contribution is 2.24. The lowest BCUT2D eigenvalue weighted by atomic mass is 10.2. The fourth-order valence-electron chi connectivity index (χ4n) is 2.17. The summed E-state index contributed by atoms with van der Waals surface area (Å²) in [5.41, 5.74) is 1.11. The minimum absolute atomic E-state index is 0.265. The average Bonchev–Trinajstić information content (AvgIpc) is 2.76. The Morgan fingerprint density at radius 3 is 2.26 bits per heavy atom. The predicted molar refractivity (Wildman–Crippen MR) is 75.4 cm³/mol. The van der Waals surface area contributed by atoms with E-state index in [-0.39, 0.29) is 4.90 Å². The fourth-order valence-corrected chi connectivity index (χ4v) is 3.67. The number of benzene rings is 2. The van der Waals surface area contributed by atoms with Crippen LogP contribution in [-0.4, -0.2) is 12.4 Å². The normalized spacial score (nSPS) is 11.8. The van der Waals surface area contributed by atoms with Crippen LogP contribution in [0.15, 0.2) is 65.6 Å². The van der Waals surface area contributed by atoms with Gasteiger partial charge in [0.2, 0.25) is 0 Å². The first-order chi connectivity index (χ1) is 9.10. The van der Waals surface area contributed by atoms with Crippen LogP contribution in [0.3, 0.4) is 0 Å². The summed E-state index contributed by atoms with van der Waals surface area (Å²) in [6.07, 6.45) is 0. The zero-order valence-corrected chi connectivity index (χ0v) is 11.0. The Labute approximate surface area is 112 Å². The van der Waals surface area contributed by atoms with Gasteiger partial charge >= 0.3 is 0 Å². The maximum Gasteiger partial charge on any atom is 0.268 e. The van der Waals surface area contributed by atoms with E-state index < -0.39 is 10.0 Å². The van der Waals surface area contributed by atoms with E-state index >= 15 is 0 Å². The molecule has 2 aromatic carbocycles. The first-order valence-electron chi connectivity index (χ1n) is 5.84. The highest BCUT2D eigenvalue weighted by Gasteiger charge is 2.20. The van der Waals surface area contributed by atoms with E-state index in [0.29, 0.717) is 11.2 Å². The van der Waals surface area contributed by atoms with Gasteiger partial charge in [0.1, 0.15) is 0 Å². The highest BCUT2D eigenvalue weighted by atomic mass is 32.2. The second kappa shape index (κ2) is 4.24. The van der Waals surface area contributed by atoms with E-state index in [1.165, 1.54) is 3.97 Å². The number of hydrogen-bond donors (Lipinski definition) is 0. The standard InChI is InChI=1S/C15H12NO2S/c1-12-11-13-7-5-6-10-15(13)16(12)19(17,18)14-8-3-2-4-9-14/h2-11H,1H2. The van der Waals surface area contributed by atoms with E-state index in [1.54, 1.807) is 42.5 Å². The largest absolute Gasteiger partial charge is 0.268 e. The predicted octanol–water partition coefficient (Wildman–Crippen LogP) is 3.06. The van der Waals surface area contributed by atoms with E-state index in [9.17, 15) is 8.42 Å². The molecule has 1 heterocycles. The average molecular weight is 270 g/mol. The van der Waals surface area contributed by atoms with Gasteiger partial charge in [0, 0.05) is 11.1 Å². The van der Waals surface area contributed by atoms with Crippen LogP contribution in [0.1, 0.15) is 5.69 Å². The summed E-state index contributed by atoms with van der Waals surface area (Å²) < 4.78 is 26.6. The summed E-state index contributed by atoms with van der Waals surface area (Å²) in [5.74, 6) is 0. The molecule has 0 saturated carbocycles. The molecule has 0 amide bonds. The van der Waals surface area contributed by atoms with Crippen molar-refractivity contribution in [1.29, 1.82) is 0 Å². The number of para-hydroxylation sites is 1. The summed E-state index contributed by atoms with van der Waals surface area (Å²) in [6, 6.07) is 17.5. The Morgan fingerprint density at radius 2 is 1.53 bits per heavy atom. The van der Waals surface area contributed by atoms with Crippen LogP contribution in [-0.2, 0) is 10.0 Å². The van der Waals surface area contributed by atoms with Crippen molar-refractivity contribution in [2.45, 2.75) is 4.90 Å². The molecule has 0 saturated heterocycles. The zero-order valence-electron chi connectivity index (χ0n) is 10.2. The molecule has 0 N–H and O–H groups in total. The lowest BCUT2D eigenvalue weighted by Crippen LogP contribution is -2.13. The molecular weight excluding hydrogens is 258 g/mol. The summed E-state index contributed by atoms with van der Waals surface area (Å²) >= 11 is 0. The molecular formula is C15H12NO2S. The molecule has 19 heavy (non-hydrogen) atoms. The van der Waals surface area contributed by atoms with Crippen LogP contribution in [0, 0.1) is 6.92 Å². The SMILES string of the molecule is [CH2]c1cc2ccccc2n1S(=O)(=O)c1ccccc1. The molecule has 4 heteroatoms. The second-order valence-electron chi connectivity index (χ2n) is 4.28. The van der Waals surface area contributed by atoms with Crippen LogP contribution < -0.4 is 0 Å². The molecule has 0 spiro atoms. The Bertz CT molecular complexity index is 833.